The molecule has 2 saturated heterocycles. The fraction of sp³-hybridized carbons (Fsp3) is 0.536. The smallest absolute Gasteiger partial charge is 0.305 e. The van der Waals surface area contributed by atoms with E-state index in [2.05, 4.69) is 5.32 Å². The van der Waals surface area contributed by atoms with Crippen molar-refractivity contribution in [3.63, 3.8) is 0 Å². The molecular weight excluding hydrogens is 455 g/mol. The molecule has 1 aromatic carbocycles. The molecule has 3 aliphatic rings. The highest BCUT2D eigenvalue weighted by molar-refractivity contribution is 5.69. The van der Waals surface area contributed by atoms with Crippen LogP contribution in [-0.2, 0) is 14.3 Å². The zero-order valence-electron chi connectivity index (χ0n) is 20.7. The highest BCUT2D eigenvalue weighted by Crippen LogP contribution is 2.45. The van der Waals surface area contributed by atoms with Gasteiger partial charge >= 0.3 is 5.97 Å². The number of piperidine rings is 1. The molecule has 1 aromatic rings. The lowest BCUT2D eigenvalue weighted by molar-refractivity contribution is -0.154. The normalized spacial score (nSPS) is 25.4. The summed E-state index contributed by atoms with van der Waals surface area (Å²) >= 11 is 0. The van der Waals surface area contributed by atoms with Gasteiger partial charge in [0.05, 0.1) is 18.2 Å². The van der Waals surface area contributed by atoms with Gasteiger partial charge in [-0.05, 0) is 55.0 Å². The number of rotatable bonds is 7. The fourth-order valence-electron chi connectivity index (χ4n) is 4.81. The molecule has 35 heavy (non-hydrogen) atoms. The van der Waals surface area contributed by atoms with E-state index < -0.39 is 6.43 Å². The van der Waals surface area contributed by atoms with Gasteiger partial charge in [-0.15, -0.1) is 0 Å². The average Bonchev–Trinajstić information content (AvgIpc) is 3.10. The Morgan fingerprint density at radius 2 is 2.03 bits per heavy atom. The summed E-state index contributed by atoms with van der Waals surface area (Å²) in [5.41, 5.74) is 2.38. The van der Waals surface area contributed by atoms with E-state index in [9.17, 15) is 18.0 Å². The van der Waals surface area contributed by atoms with E-state index in [4.69, 9.17) is 9.47 Å². The van der Waals surface area contributed by atoms with Gasteiger partial charge in [-0.25, -0.2) is 13.2 Å². The van der Waals surface area contributed by atoms with E-state index in [1.165, 1.54) is 18.2 Å². The minimum atomic E-state index is -2.53. The molecule has 2 aliphatic heterocycles. The van der Waals surface area contributed by atoms with Gasteiger partial charge in [0.2, 0.25) is 0 Å². The second-order valence-electron chi connectivity index (χ2n) is 8.87. The van der Waals surface area contributed by atoms with Gasteiger partial charge < -0.3 is 14.8 Å². The molecule has 0 saturated carbocycles. The molecular formula is C28H36F3NO3. The van der Waals surface area contributed by atoms with Gasteiger partial charge in [0.1, 0.15) is 12.4 Å². The van der Waals surface area contributed by atoms with E-state index in [0.717, 1.165) is 30.4 Å². The zero-order chi connectivity index (χ0) is 25.4. The number of carbonyl (C=O) groups excluding carboxylic acids is 1. The quantitative estimate of drug-likeness (QED) is 0.426. The van der Waals surface area contributed by atoms with Crippen LogP contribution in [0.5, 0.6) is 0 Å². The van der Waals surface area contributed by atoms with Crippen molar-refractivity contribution in [1.82, 2.24) is 5.32 Å². The van der Waals surface area contributed by atoms with Crippen molar-refractivity contribution in [2.45, 2.75) is 84.0 Å². The van der Waals surface area contributed by atoms with Crippen LogP contribution in [0.4, 0.5) is 13.2 Å². The number of nitrogens with one attached hydrogen (secondary N) is 1. The van der Waals surface area contributed by atoms with Crippen LogP contribution >= 0.6 is 0 Å². The molecule has 0 radical (unpaired) electrons. The number of fused-ring (bicyclic) bond motifs is 3. The van der Waals surface area contributed by atoms with Crippen LogP contribution in [0.25, 0.3) is 0 Å². The van der Waals surface area contributed by atoms with Crippen LogP contribution in [0.1, 0.15) is 70.9 Å². The van der Waals surface area contributed by atoms with Gasteiger partial charge in [0.15, 0.2) is 0 Å². The molecule has 7 heteroatoms. The third-order valence-electron chi connectivity index (χ3n) is 6.58. The van der Waals surface area contributed by atoms with Crippen LogP contribution in [0.2, 0.25) is 0 Å². The summed E-state index contributed by atoms with van der Waals surface area (Å²) < 4.78 is 52.5. The van der Waals surface area contributed by atoms with Crippen LogP contribution in [0.15, 0.2) is 59.3 Å². The number of halogens is 3. The van der Waals surface area contributed by atoms with E-state index in [1.807, 2.05) is 26.8 Å². The first-order chi connectivity index (χ1) is 17.0. The lowest BCUT2D eigenvalue weighted by atomic mass is 9.75. The predicted octanol–water partition coefficient (Wildman–Crippen LogP) is 6.80. The average molecular weight is 492 g/mol. The minimum absolute atomic E-state index is 0.00431. The highest BCUT2D eigenvalue weighted by atomic mass is 19.3. The Morgan fingerprint density at radius 3 is 2.74 bits per heavy atom. The largest absolute Gasteiger partial charge is 0.463 e. The summed E-state index contributed by atoms with van der Waals surface area (Å²) in [6.45, 7) is 6.19. The van der Waals surface area contributed by atoms with Crippen molar-refractivity contribution in [2.75, 3.05) is 6.61 Å². The maximum absolute atomic E-state index is 14.0. The highest BCUT2D eigenvalue weighted by Gasteiger charge is 2.44. The number of alkyl halides is 2. The monoisotopic (exact) mass is 491 g/mol. The number of allylic oxidation sites excluding steroid dienone is 4. The maximum Gasteiger partial charge on any atom is 0.305 e. The first-order valence-corrected chi connectivity index (χ1v) is 12.7. The van der Waals surface area contributed by atoms with Crippen molar-refractivity contribution in [3.05, 3.63) is 70.7 Å². The topological polar surface area (TPSA) is 47.6 Å². The molecule has 192 valence electrons. The van der Waals surface area contributed by atoms with Crippen LogP contribution in [0.3, 0.4) is 0 Å². The summed E-state index contributed by atoms with van der Waals surface area (Å²) in [6.07, 6.45) is 5.48. The Hall–Kier alpha value is -2.54. The van der Waals surface area contributed by atoms with Gasteiger partial charge in [0.25, 0.3) is 6.43 Å². The molecule has 4 atom stereocenters. The number of ether oxygens (including phenoxy) is 2. The number of carbonyl (C=O) groups is 1. The SMILES string of the molecule is CC.CCCCC(=O)OCC1CCC2C(O1)C1=CCC(C(F)F)=CC=C1N[C@H]2c1cccc(F)c1. The van der Waals surface area contributed by atoms with E-state index in [0.29, 0.717) is 18.5 Å². The maximum atomic E-state index is 14.0. The van der Waals surface area contributed by atoms with Crippen molar-refractivity contribution in [1.29, 1.82) is 0 Å². The Kier molecular flexibility index (Phi) is 10.0. The molecule has 4 rings (SSSR count). The van der Waals surface area contributed by atoms with Crippen molar-refractivity contribution in [3.8, 4) is 0 Å². The second-order valence-corrected chi connectivity index (χ2v) is 8.87. The van der Waals surface area contributed by atoms with Gasteiger partial charge in [-0.1, -0.05) is 51.5 Å². The van der Waals surface area contributed by atoms with E-state index in [-0.39, 0.29) is 54.6 Å². The zero-order valence-corrected chi connectivity index (χ0v) is 20.7. The van der Waals surface area contributed by atoms with Gasteiger partial charge in [-0.2, -0.15) is 0 Å². The fourth-order valence-corrected chi connectivity index (χ4v) is 4.81. The number of esters is 1. The Balaban J connectivity index is 0.00000167. The molecule has 1 aliphatic carbocycles. The third kappa shape index (κ3) is 6.78. The van der Waals surface area contributed by atoms with Crippen LogP contribution in [0, 0.1) is 11.7 Å². The first-order valence-electron chi connectivity index (χ1n) is 12.7. The van der Waals surface area contributed by atoms with Crippen molar-refractivity contribution in [2.24, 2.45) is 5.92 Å². The third-order valence-corrected chi connectivity index (χ3v) is 6.58. The number of hydrogen-bond donors (Lipinski definition) is 1. The van der Waals surface area contributed by atoms with Crippen molar-refractivity contribution >= 4 is 5.97 Å². The van der Waals surface area contributed by atoms with E-state index >= 15 is 0 Å². The molecule has 3 unspecified atom stereocenters. The summed E-state index contributed by atoms with van der Waals surface area (Å²) in [6, 6.07) is 6.22. The predicted molar refractivity (Wildman–Crippen MR) is 130 cm³/mol. The Bertz CT molecular complexity index is 957. The second kappa shape index (κ2) is 13.0. The molecule has 0 bridgehead atoms. The number of benzene rings is 1. The Morgan fingerprint density at radius 1 is 1.23 bits per heavy atom. The Labute approximate surface area is 206 Å². The summed E-state index contributed by atoms with van der Waals surface area (Å²) in [4.78, 5) is 11.9. The molecule has 2 heterocycles. The van der Waals surface area contributed by atoms with Crippen LogP contribution in [-0.4, -0.2) is 31.2 Å². The van der Waals surface area contributed by atoms with Gasteiger partial charge in [-0.3, -0.25) is 4.79 Å². The minimum Gasteiger partial charge on any atom is -0.463 e. The van der Waals surface area contributed by atoms with Crippen LogP contribution < -0.4 is 5.32 Å². The molecule has 0 spiro atoms. The lowest BCUT2D eigenvalue weighted by Crippen LogP contribution is -2.49. The molecule has 0 amide bonds. The summed E-state index contributed by atoms with van der Waals surface area (Å²) in [7, 11) is 0. The molecule has 1 N–H and O–H groups in total. The van der Waals surface area contributed by atoms with Crippen molar-refractivity contribution < 1.29 is 27.4 Å². The van der Waals surface area contributed by atoms with Gasteiger partial charge in [0, 0.05) is 23.6 Å². The number of hydrogen-bond acceptors (Lipinski definition) is 4. The number of unbranched alkanes of at least 4 members (excludes halogenated alkanes) is 1. The van der Waals surface area contributed by atoms with E-state index in [1.54, 1.807) is 18.2 Å². The summed E-state index contributed by atoms with van der Waals surface area (Å²) in [5, 5.41) is 3.46. The molecule has 0 aromatic heterocycles. The molecule has 4 nitrogen and oxygen atoms in total. The standard InChI is InChI=1S/C26H30F3NO3.C2H6/c1-2-3-7-23(31)32-15-19-10-12-21-24(17-5-4-6-18(27)14-17)30-22-13-9-16(26(28)29)8-11-20(22)25(21)33-19;1-2/h4-6,9,11,13-14,19,21,24-26,30H,2-3,7-8,10,12,15H2,1H3;1-2H3/t19?,21?,24-,25?;/m0./s1. The summed E-state index contributed by atoms with van der Waals surface area (Å²) in [5.74, 6) is -0.559. The lowest BCUT2D eigenvalue weighted by Gasteiger charge is -2.47. The first kappa shape index (κ1) is 27.1. The molecule has 2 fully saturated rings.